The van der Waals surface area contributed by atoms with Crippen molar-refractivity contribution in [3.63, 3.8) is 0 Å². The number of nitrogens with two attached hydrogens (primary N) is 1. The lowest BCUT2D eigenvalue weighted by Gasteiger charge is -2.19. The fourth-order valence-electron chi connectivity index (χ4n) is 2.08. The van der Waals surface area contributed by atoms with Gasteiger partial charge >= 0.3 is 5.97 Å². The first-order valence-corrected chi connectivity index (χ1v) is 7.25. The molecule has 1 aromatic rings. The SMILES string of the molecule is COC(=O)C(C)CN(C)CCCOc1ccc(CN)cc1. The minimum atomic E-state index is -0.168. The molecule has 0 aromatic heterocycles. The van der Waals surface area contributed by atoms with Crippen molar-refractivity contribution in [2.24, 2.45) is 11.7 Å². The highest BCUT2D eigenvalue weighted by molar-refractivity contribution is 5.72. The van der Waals surface area contributed by atoms with Crippen LogP contribution in [0.5, 0.6) is 5.75 Å². The van der Waals surface area contributed by atoms with Crippen LogP contribution in [-0.2, 0) is 16.1 Å². The molecule has 0 aliphatic heterocycles. The van der Waals surface area contributed by atoms with Gasteiger partial charge in [0.15, 0.2) is 0 Å². The summed E-state index contributed by atoms with van der Waals surface area (Å²) in [4.78, 5) is 13.4. The first kappa shape index (κ1) is 17.5. The van der Waals surface area contributed by atoms with Crippen LogP contribution in [0, 0.1) is 5.92 Å². The summed E-state index contributed by atoms with van der Waals surface area (Å²) in [6.45, 7) is 4.64. The number of nitrogens with zero attached hydrogens (tertiary/aromatic N) is 1. The van der Waals surface area contributed by atoms with Crippen LogP contribution in [0.15, 0.2) is 24.3 Å². The van der Waals surface area contributed by atoms with Gasteiger partial charge in [-0.2, -0.15) is 0 Å². The minimum absolute atomic E-state index is 0.107. The lowest BCUT2D eigenvalue weighted by Crippen LogP contribution is -2.30. The van der Waals surface area contributed by atoms with E-state index in [1.54, 1.807) is 0 Å². The smallest absolute Gasteiger partial charge is 0.309 e. The summed E-state index contributed by atoms with van der Waals surface area (Å²) in [6, 6.07) is 7.81. The van der Waals surface area contributed by atoms with Crippen molar-refractivity contribution in [2.75, 3.05) is 33.9 Å². The van der Waals surface area contributed by atoms with Crippen LogP contribution in [0.2, 0.25) is 0 Å². The van der Waals surface area contributed by atoms with Crippen molar-refractivity contribution >= 4 is 5.97 Å². The van der Waals surface area contributed by atoms with Crippen LogP contribution < -0.4 is 10.5 Å². The molecular weight excluding hydrogens is 268 g/mol. The molecule has 2 N–H and O–H groups in total. The second-order valence-electron chi connectivity index (χ2n) is 5.24. The molecule has 0 fully saturated rings. The molecule has 0 bridgehead atoms. The Hall–Kier alpha value is -1.59. The minimum Gasteiger partial charge on any atom is -0.494 e. The lowest BCUT2D eigenvalue weighted by atomic mass is 10.2. The quantitative estimate of drug-likeness (QED) is 0.554. The van der Waals surface area contributed by atoms with E-state index in [1.165, 1.54) is 7.11 Å². The van der Waals surface area contributed by atoms with E-state index in [4.69, 9.17) is 15.2 Å². The van der Waals surface area contributed by atoms with Crippen molar-refractivity contribution in [1.82, 2.24) is 4.90 Å². The fraction of sp³-hybridized carbons (Fsp3) is 0.562. The van der Waals surface area contributed by atoms with Gasteiger partial charge in [-0.1, -0.05) is 19.1 Å². The van der Waals surface area contributed by atoms with E-state index in [-0.39, 0.29) is 11.9 Å². The zero-order valence-electron chi connectivity index (χ0n) is 13.2. The molecule has 0 aliphatic rings. The van der Waals surface area contributed by atoms with E-state index in [0.717, 1.165) is 24.3 Å². The average Bonchev–Trinajstić information content (AvgIpc) is 2.51. The molecule has 1 unspecified atom stereocenters. The van der Waals surface area contributed by atoms with E-state index < -0.39 is 0 Å². The Kier molecular flexibility index (Phi) is 7.79. The topological polar surface area (TPSA) is 64.8 Å². The van der Waals surface area contributed by atoms with Gasteiger partial charge in [-0.05, 0) is 31.2 Å². The highest BCUT2D eigenvalue weighted by Gasteiger charge is 2.14. The van der Waals surface area contributed by atoms with E-state index in [1.807, 2.05) is 38.2 Å². The molecule has 0 spiro atoms. The van der Waals surface area contributed by atoms with Crippen LogP contribution in [-0.4, -0.2) is 44.7 Å². The predicted octanol–water partition coefficient (Wildman–Crippen LogP) is 1.66. The molecule has 21 heavy (non-hydrogen) atoms. The van der Waals surface area contributed by atoms with E-state index in [0.29, 0.717) is 19.7 Å². The maximum Gasteiger partial charge on any atom is 0.309 e. The van der Waals surface area contributed by atoms with Gasteiger partial charge in [-0.3, -0.25) is 4.79 Å². The maximum atomic E-state index is 11.3. The average molecular weight is 294 g/mol. The number of ether oxygens (including phenoxy) is 2. The Bertz CT molecular complexity index is 420. The Balaban J connectivity index is 2.19. The zero-order chi connectivity index (χ0) is 15.7. The number of hydrogen-bond acceptors (Lipinski definition) is 5. The summed E-state index contributed by atoms with van der Waals surface area (Å²) in [5, 5.41) is 0. The van der Waals surface area contributed by atoms with Gasteiger partial charge < -0.3 is 20.1 Å². The van der Waals surface area contributed by atoms with Crippen molar-refractivity contribution < 1.29 is 14.3 Å². The van der Waals surface area contributed by atoms with Crippen molar-refractivity contribution in [1.29, 1.82) is 0 Å². The second kappa shape index (κ2) is 9.37. The van der Waals surface area contributed by atoms with Gasteiger partial charge in [0.2, 0.25) is 0 Å². The molecule has 0 heterocycles. The van der Waals surface area contributed by atoms with Gasteiger partial charge in [-0.15, -0.1) is 0 Å². The standard InChI is InChI=1S/C16H26N2O3/c1-13(16(19)20-3)12-18(2)9-4-10-21-15-7-5-14(11-17)6-8-15/h5-8,13H,4,9-12,17H2,1-3H3. The highest BCUT2D eigenvalue weighted by Crippen LogP contribution is 2.12. The molecule has 118 valence electrons. The third kappa shape index (κ3) is 6.60. The molecule has 1 atom stereocenters. The van der Waals surface area contributed by atoms with Gasteiger partial charge in [-0.25, -0.2) is 0 Å². The molecule has 0 radical (unpaired) electrons. The highest BCUT2D eigenvalue weighted by atomic mass is 16.5. The summed E-state index contributed by atoms with van der Waals surface area (Å²) < 4.78 is 10.4. The zero-order valence-corrected chi connectivity index (χ0v) is 13.2. The van der Waals surface area contributed by atoms with Crippen LogP contribution in [0.1, 0.15) is 18.9 Å². The molecule has 0 saturated heterocycles. The van der Waals surface area contributed by atoms with Crippen molar-refractivity contribution in [2.45, 2.75) is 19.9 Å². The number of rotatable bonds is 9. The lowest BCUT2D eigenvalue weighted by molar-refractivity contribution is -0.145. The number of carbonyl (C=O) groups excluding carboxylic acids is 1. The fourth-order valence-corrected chi connectivity index (χ4v) is 2.08. The Morgan fingerprint density at radius 2 is 2.00 bits per heavy atom. The third-order valence-electron chi connectivity index (χ3n) is 3.30. The Labute approximate surface area is 127 Å². The largest absolute Gasteiger partial charge is 0.494 e. The molecule has 5 nitrogen and oxygen atoms in total. The van der Waals surface area contributed by atoms with E-state index in [9.17, 15) is 4.79 Å². The van der Waals surface area contributed by atoms with Gasteiger partial charge in [0.05, 0.1) is 19.6 Å². The number of carbonyl (C=O) groups is 1. The van der Waals surface area contributed by atoms with Crippen molar-refractivity contribution in [3.05, 3.63) is 29.8 Å². The summed E-state index contributed by atoms with van der Waals surface area (Å²) >= 11 is 0. The molecule has 5 heteroatoms. The van der Waals surface area contributed by atoms with Gasteiger partial charge in [0.1, 0.15) is 5.75 Å². The number of hydrogen-bond donors (Lipinski definition) is 1. The van der Waals surface area contributed by atoms with Gasteiger partial charge in [0, 0.05) is 19.6 Å². The second-order valence-corrected chi connectivity index (χ2v) is 5.24. The molecule has 1 rings (SSSR count). The molecule has 0 amide bonds. The molecule has 0 saturated carbocycles. The van der Waals surface area contributed by atoms with E-state index in [2.05, 4.69) is 4.90 Å². The Morgan fingerprint density at radius 3 is 2.57 bits per heavy atom. The van der Waals surface area contributed by atoms with Crippen molar-refractivity contribution in [3.8, 4) is 5.75 Å². The first-order chi connectivity index (χ1) is 10.1. The van der Waals surface area contributed by atoms with Gasteiger partial charge in [0.25, 0.3) is 0 Å². The number of esters is 1. The summed E-state index contributed by atoms with van der Waals surface area (Å²) in [5.74, 6) is 0.584. The monoisotopic (exact) mass is 294 g/mol. The molecule has 0 aliphatic carbocycles. The number of methoxy groups -OCH3 is 1. The van der Waals surface area contributed by atoms with Crippen LogP contribution in [0.3, 0.4) is 0 Å². The maximum absolute atomic E-state index is 11.3. The summed E-state index contributed by atoms with van der Waals surface area (Å²) in [5.41, 5.74) is 6.64. The van der Waals surface area contributed by atoms with Crippen LogP contribution >= 0.6 is 0 Å². The van der Waals surface area contributed by atoms with Crippen LogP contribution in [0.4, 0.5) is 0 Å². The molecule has 1 aromatic carbocycles. The third-order valence-corrected chi connectivity index (χ3v) is 3.30. The number of benzene rings is 1. The summed E-state index contributed by atoms with van der Waals surface area (Å²) in [7, 11) is 3.41. The first-order valence-electron chi connectivity index (χ1n) is 7.25. The van der Waals surface area contributed by atoms with Crippen LogP contribution in [0.25, 0.3) is 0 Å². The van der Waals surface area contributed by atoms with E-state index >= 15 is 0 Å². The normalized spacial score (nSPS) is 12.2. The predicted molar refractivity (Wildman–Crippen MR) is 83.1 cm³/mol. The Morgan fingerprint density at radius 1 is 1.33 bits per heavy atom. The summed E-state index contributed by atoms with van der Waals surface area (Å²) in [6.07, 6.45) is 0.906. The molecular formula is C16H26N2O3.